The Hall–Kier alpha value is -1.73. The molecular weight excluding hydrogens is 239 g/mol. The molecule has 0 unspecified atom stereocenters. The van der Waals surface area contributed by atoms with Crippen molar-refractivity contribution in [3.05, 3.63) is 12.4 Å². The minimum Gasteiger partial charge on any atom is -0.480 e. The Labute approximate surface area is 95.5 Å². The average Bonchev–Trinajstić information content (AvgIpc) is 2.60. The number of anilines is 1. The van der Waals surface area contributed by atoms with Gasteiger partial charge in [-0.3, -0.25) is 4.79 Å². The fourth-order valence-corrected chi connectivity index (χ4v) is 1.41. The van der Waals surface area contributed by atoms with E-state index in [2.05, 4.69) is 4.98 Å². The first-order chi connectivity index (χ1) is 7.83. The first-order valence-electron chi connectivity index (χ1n) is 4.88. The highest BCUT2D eigenvalue weighted by atomic mass is 19.4. The van der Waals surface area contributed by atoms with Gasteiger partial charge in [0.1, 0.15) is 13.1 Å². The van der Waals surface area contributed by atoms with Gasteiger partial charge in [0, 0.05) is 18.9 Å². The van der Waals surface area contributed by atoms with Crippen LogP contribution < -0.4 is 4.90 Å². The van der Waals surface area contributed by atoms with Crippen LogP contribution in [0.2, 0.25) is 0 Å². The summed E-state index contributed by atoms with van der Waals surface area (Å²) in [5, 5.41) is 8.60. The van der Waals surface area contributed by atoms with E-state index in [1.54, 1.807) is 6.92 Å². The largest absolute Gasteiger partial charge is 0.480 e. The number of carbonyl (C=O) groups is 1. The molecular formula is C9H12F3N3O2. The van der Waals surface area contributed by atoms with Crippen molar-refractivity contribution in [1.82, 2.24) is 9.55 Å². The molecule has 1 aromatic heterocycles. The fourth-order valence-electron chi connectivity index (χ4n) is 1.41. The lowest BCUT2D eigenvalue weighted by Crippen LogP contribution is -2.39. The molecule has 5 nitrogen and oxygen atoms in total. The highest BCUT2D eigenvalue weighted by molar-refractivity contribution is 5.72. The standard InChI is InChI=1S/C9H12F3N3O2/c1-2-14-4-3-13-8(14)15(5-7(16)17)6-9(10,11)12/h3-4H,2,5-6H2,1H3,(H,16,17). The maximum Gasteiger partial charge on any atom is 0.406 e. The molecule has 0 aromatic carbocycles. The van der Waals surface area contributed by atoms with Crippen molar-refractivity contribution in [1.29, 1.82) is 0 Å². The van der Waals surface area contributed by atoms with Crippen molar-refractivity contribution in [3.63, 3.8) is 0 Å². The topological polar surface area (TPSA) is 58.4 Å². The second-order valence-electron chi connectivity index (χ2n) is 3.38. The molecule has 0 atom stereocenters. The van der Waals surface area contributed by atoms with Crippen molar-refractivity contribution in [2.24, 2.45) is 0 Å². The summed E-state index contributed by atoms with van der Waals surface area (Å²) in [6.07, 6.45) is -1.63. The molecule has 0 aliphatic heterocycles. The predicted octanol–water partition coefficient (Wildman–Crippen LogP) is 1.36. The molecule has 0 fully saturated rings. The molecule has 0 amide bonds. The summed E-state index contributed by atoms with van der Waals surface area (Å²) in [7, 11) is 0. The van der Waals surface area contributed by atoms with Gasteiger partial charge in [0.15, 0.2) is 0 Å². The van der Waals surface area contributed by atoms with Crippen molar-refractivity contribution >= 4 is 11.9 Å². The summed E-state index contributed by atoms with van der Waals surface area (Å²) < 4.78 is 38.4. The van der Waals surface area contributed by atoms with E-state index in [0.29, 0.717) is 11.4 Å². The summed E-state index contributed by atoms with van der Waals surface area (Å²) in [6, 6.07) is 0. The van der Waals surface area contributed by atoms with Crippen LogP contribution in [0.3, 0.4) is 0 Å². The zero-order chi connectivity index (χ0) is 13.1. The van der Waals surface area contributed by atoms with E-state index < -0.39 is 25.2 Å². The molecule has 0 aliphatic carbocycles. The Morgan fingerprint density at radius 3 is 2.71 bits per heavy atom. The van der Waals surface area contributed by atoms with E-state index in [1.165, 1.54) is 17.0 Å². The minimum atomic E-state index is -4.47. The van der Waals surface area contributed by atoms with Gasteiger partial charge in [-0.1, -0.05) is 0 Å². The highest BCUT2D eigenvalue weighted by Gasteiger charge is 2.33. The number of hydrogen-bond donors (Lipinski definition) is 1. The maximum absolute atomic E-state index is 12.3. The van der Waals surface area contributed by atoms with Gasteiger partial charge >= 0.3 is 12.1 Å². The molecule has 0 bridgehead atoms. The molecule has 1 rings (SSSR count). The number of rotatable bonds is 5. The van der Waals surface area contributed by atoms with Gasteiger partial charge in [-0.2, -0.15) is 13.2 Å². The minimum absolute atomic E-state index is 0.00669. The van der Waals surface area contributed by atoms with Crippen molar-refractivity contribution in [2.45, 2.75) is 19.6 Å². The zero-order valence-corrected chi connectivity index (χ0v) is 9.11. The molecule has 0 radical (unpaired) electrons. The molecule has 0 saturated heterocycles. The van der Waals surface area contributed by atoms with Crippen molar-refractivity contribution in [2.75, 3.05) is 18.0 Å². The van der Waals surface area contributed by atoms with Gasteiger partial charge < -0.3 is 14.6 Å². The third kappa shape index (κ3) is 3.97. The molecule has 1 heterocycles. The van der Waals surface area contributed by atoms with Gasteiger partial charge in [0.2, 0.25) is 5.95 Å². The molecule has 8 heteroatoms. The van der Waals surface area contributed by atoms with E-state index in [-0.39, 0.29) is 5.95 Å². The van der Waals surface area contributed by atoms with Gasteiger partial charge in [-0.05, 0) is 6.92 Å². The third-order valence-electron chi connectivity index (χ3n) is 2.01. The lowest BCUT2D eigenvalue weighted by Gasteiger charge is -2.23. The van der Waals surface area contributed by atoms with Crippen LogP contribution in [0.25, 0.3) is 0 Å². The van der Waals surface area contributed by atoms with E-state index in [0.717, 1.165) is 0 Å². The zero-order valence-electron chi connectivity index (χ0n) is 9.11. The van der Waals surface area contributed by atoms with Crippen LogP contribution in [0.5, 0.6) is 0 Å². The Kier molecular flexibility index (Phi) is 3.97. The Morgan fingerprint density at radius 2 is 2.24 bits per heavy atom. The first-order valence-corrected chi connectivity index (χ1v) is 4.88. The number of carboxylic acid groups (broad SMARTS) is 1. The van der Waals surface area contributed by atoms with Crippen LogP contribution in [0.15, 0.2) is 12.4 Å². The highest BCUT2D eigenvalue weighted by Crippen LogP contribution is 2.20. The lowest BCUT2D eigenvalue weighted by molar-refractivity contribution is -0.136. The number of alkyl halides is 3. The molecule has 0 aliphatic rings. The summed E-state index contributed by atoms with van der Waals surface area (Å²) in [5.41, 5.74) is 0. The van der Waals surface area contributed by atoms with Gasteiger partial charge in [-0.25, -0.2) is 4.98 Å². The number of carboxylic acids is 1. The average molecular weight is 251 g/mol. The van der Waals surface area contributed by atoms with Crippen LogP contribution in [-0.2, 0) is 11.3 Å². The molecule has 17 heavy (non-hydrogen) atoms. The Bertz CT molecular complexity index is 389. The van der Waals surface area contributed by atoms with Crippen LogP contribution in [0, 0.1) is 0 Å². The molecule has 0 saturated carbocycles. The van der Waals surface area contributed by atoms with E-state index in [1.807, 2.05) is 0 Å². The summed E-state index contributed by atoms with van der Waals surface area (Å²) in [4.78, 5) is 15.0. The molecule has 1 aromatic rings. The SMILES string of the molecule is CCn1ccnc1N(CC(=O)O)CC(F)(F)F. The predicted molar refractivity (Wildman–Crippen MR) is 53.8 cm³/mol. The summed E-state index contributed by atoms with van der Waals surface area (Å²) >= 11 is 0. The van der Waals surface area contributed by atoms with Gasteiger partial charge in [-0.15, -0.1) is 0 Å². The summed E-state index contributed by atoms with van der Waals surface area (Å²) in [5.74, 6) is -1.33. The van der Waals surface area contributed by atoms with Gasteiger partial charge in [0.25, 0.3) is 0 Å². The van der Waals surface area contributed by atoms with Crippen molar-refractivity contribution in [3.8, 4) is 0 Å². The number of aryl methyl sites for hydroxylation is 1. The first kappa shape index (κ1) is 13.3. The van der Waals surface area contributed by atoms with Crippen molar-refractivity contribution < 1.29 is 23.1 Å². The monoisotopic (exact) mass is 251 g/mol. The van der Waals surface area contributed by atoms with Crippen LogP contribution in [0.1, 0.15) is 6.92 Å². The number of imidazole rings is 1. The number of aromatic nitrogens is 2. The summed E-state index contributed by atoms with van der Waals surface area (Å²) in [6.45, 7) is 0.0772. The smallest absolute Gasteiger partial charge is 0.406 e. The van der Waals surface area contributed by atoms with E-state index >= 15 is 0 Å². The lowest BCUT2D eigenvalue weighted by atomic mass is 10.4. The number of halogens is 3. The number of hydrogen-bond acceptors (Lipinski definition) is 3. The quantitative estimate of drug-likeness (QED) is 0.858. The molecule has 1 N–H and O–H groups in total. The van der Waals surface area contributed by atoms with Crippen LogP contribution in [0.4, 0.5) is 19.1 Å². The molecule has 0 spiro atoms. The van der Waals surface area contributed by atoms with Gasteiger partial charge in [0.05, 0.1) is 0 Å². The van der Waals surface area contributed by atoms with E-state index in [4.69, 9.17) is 5.11 Å². The number of nitrogens with zero attached hydrogens (tertiary/aromatic N) is 3. The Balaban J connectivity index is 2.93. The van der Waals surface area contributed by atoms with Crippen LogP contribution >= 0.6 is 0 Å². The van der Waals surface area contributed by atoms with E-state index in [9.17, 15) is 18.0 Å². The molecule has 96 valence electrons. The Morgan fingerprint density at radius 1 is 1.59 bits per heavy atom. The second kappa shape index (κ2) is 5.07. The second-order valence-corrected chi connectivity index (χ2v) is 3.38. The van der Waals surface area contributed by atoms with Crippen LogP contribution in [-0.4, -0.2) is 39.9 Å². The fraction of sp³-hybridized carbons (Fsp3) is 0.556. The third-order valence-corrected chi connectivity index (χ3v) is 2.01. The normalized spacial score (nSPS) is 11.5. The maximum atomic E-state index is 12.3. The number of aliphatic carboxylic acids is 1.